The Morgan fingerprint density at radius 3 is 2.50 bits per heavy atom. The Bertz CT molecular complexity index is 1800. The molecule has 1 aliphatic rings. The molecule has 1 atom stereocenters. The number of carbonyl (C=O) groups excluding carboxylic acids is 2. The second kappa shape index (κ2) is 10.3. The minimum atomic E-state index is -3.50. The average Bonchev–Trinajstić information content (AvgIpc) is 3.32. The standard InChI is InChI=1S/C28H24ClN3O7S/c1-40(38,39)20-7-3-4-16(11-20)12-23(27(35)36)30-26(34)24-21-8-9-32-25(21)18(13-22(24)29)15-31(28(32)37)14-17-5-2-6-19(33)10-17/h2-11,13,23,33H,12,14-15H2,1H3,(H,30,34)(H,35,36)/t23-/m0/s1. The molecule has 3 aromatic carbocycles. The van der Waals surface area contributed by atoms with Crippen LogP contribution < -0.4 is 5.32 Å². The topological polar surface area (TPSA) is 146 Å². The molecule has 5 rings (SSSR count). The molecule has 4 aromatic rings. The number of carboxylic acid groups (broad SMARTS) is 1. The number of aromatic hydroxyl groups is 1. The lowest BCUT2D eigenvalue weighted by atomic mass is 10.0. The van der Waals surface area contributed by atoms with Crippen molar-refractivity contribution in [1.29, 1.82) is 0 Å². The Labute approximate surface area is 234 Å². The first-order chi connectivity index (χ1) is 18.9. The van der Waals surface area contributed by atoms with Crippen LogP contribution in [0.25, 0.3) is 10.9 Å². The van der Waals surface area contributed by atoms with Gasteiger partial charge in [-0.1, -0.05) is 35.9 Å². The third-order valence-electron chi connectivity index (χ3n) is 6.72. The fourth-order valence-corrected chi connectivity index (χ4v) is 5.90. The molecule has 2 amide bonds. The summed E-state index contributed by atoms with van der Waals surface area (Å²) < 4.78 is 25.2. The van der Waals surface area contributed by atoms with Crippen LogP contribution in [-0.2, 0) is 34.1 Å². The van der Waals surface area contributed by atoms with E-state index in [9.17, 15) is 33.0 Å². The summed E-state index contributed by atoms with van der Waals surface area (Å²) in [6.45, 7) is 0.456. The van der Waals surface area contributed by atoms with Gasteiger partial charge >= 0.3 is 12.0 Å². The molecule has 0 saturated heterocycles. The number of benzene rings is 3. The number of sulfone groups is 1. The number of hydrogen-bond acceptors (Lipinski definition) is 6. The number of carboxylic acids is 1. The van der Waals surface area contributed by atoms with E-state index in [1.54, 1.807) is 47.4 Å². The summed E-state index contributed by atoms with van der Waals surface area (Å²) in [4.78, 5) is 40.3. The number of rotatable bonds is 8. The van der Waals surface area contributed by atoms with Crippen molar-refractivity contribution in [2.75, 3.05) is 6.26 Å². The Balaban J connectivity index is 1.42. The van der Waals surface area contributed by atoms with Gasteiger partial charge < -0.3 is 20.4 Å². The van der Waals surface area contributed by atoms with E-state index in [0.29, 0.717) is 22.0 Å². The fraction of sp³-hybridized carbons (Fsp3) is 0.179. The highest BCUT2D eigenvalue weighted by atomic mass is 35.5. The van der Waals surface area contributed by atoms with Crippen LogP contribution in [0.15, 0.2) is 71.8 Å². The van der Waals surface area contributed by atoms with Crippen molar-refractivity contribution in [3.63, 3.8) is 0 Å². The van der Waals surface area contributed by atoms with Crippen LogP contribution in [0.2, 0.25) is 5.02 Å². The smallest absolute Gasteiger partial charge is 0.329 e. The highest BCUT2D eigenvalue weighted by Gasteiger charge is 2.30. The van der Waals surface area contributed by atoms with Crippen LogP contribution in [0.4, 0.5) is 4.79 Å². The van der Waals surface area contributed by atoms with Gasteiger partial charge in [0.2, 0.25) is 0 Å². The number of hydrogen-bond donors (Lipinski definition) is 3. The van der Waals surface area contributed by atoms with Crippen LogP contribution in [0.3, 0.4) is 0 Å². The van der Waals surface area contributed by atoms with Gasteiger partial charge in [0, 0.05) is 37.3 Å². The van der Waals surface area contributed by atoms with Gasteiger partial charge in [-0.15, -0.1) is 0 Å². The molecule has 40 heavy (non-hydrogen) atoms. The molecular weight excluding hydrogens is 558 g/mol. The molecule has 2 heterocycles. The second-order valence-electron chi connectivity index (χ2n) is 9.64. The largest absolute Gasteiger partial charge is 0.508 e. The van der Waals surface area contributed by atoms with E-state index < -0.39 is 27.8 Å². The zero-order valence-corrected chi connectivity index (χ0v) is 22.7. The molecule has 3 N–H and O–H groups in total. The van der Waals surface area contributed by atoms with Gasteiger partial charge in [0.25, 0.3) is 5.91 Å². The SMILES string of the molecule is CS(=O)(=O)c1cccc(C[C@H](NC(=O)c2c(Cl)cc3c4c2ccn4C(=O)N(Cc2cccc(O)c2)C3)C(=O)O)c1. The van der Waals surface area contributed by atoms with E-state index in [1.165, 1.54) is 29.0 Å². The Morgan fingerprint density at radius 1 is 1.07 bits per heavy atom. The maximum atomic E-state index is 13.4. The monoisotopic (exact) mass is 581 g/mol. The van der Waals surface area contributed by atoms with Gasteiger partial charge in [-0.05, 0) is 53.1 Å². The van der Waals surface area contributed by atoms with Gasteiger partial charge in [0.1, 0.15) is 11.8 Å². The number of aromatic nitrogens is 1. The normalized spacial score (nSPS) is 13.8. The number of phenols is 1. The van der Waals surface area contributed by atoms with Crippen LogP contribution in [-0.4, -0.2) is 58.3 Å². The summed E-state index contributed by atoms with van der Waals surface area (Å²) in [5.74, 6) is -1.96. The molecule has 1 aromatic heterocycles. The molecule has 10 nitrogen and oxygen atoms in total. The number of aliphatic carboxylic acids is 1. The summed E-state index contributed by atoms with van der Waals surface area (Å²) in [6, 6.07) is 13.9. The Hall–Kier alpha value is -4.35. The molecular formula is C28H24ClN3O7S. The van der Waals surface area contributed by atoms with Crippen LogP contribution >= 0.6 is 11.6 Å². The fourth-order valence-electron chi connectivity index (χ4n) is 4.89. The minimum absolute atomic E-state index is 0.0320. The van der Waals surface area contributed by atoms with E-state index >= 15 is 0 Å². The highest BCUT2D eigenvalue weighted by molar-refractivity contribution is 7.90. The van der Waals surface area contributed by atoms with E-state index in [4.69, 9.17) is 11.6 Å². The summed E-state index contributed by atoms with van der Waals surface area (Å²) in [7, 11) is -3.50. The first kappa shape index (κ1) is 27.2. The maximum Gasteiger partial charge on any atom is 0.329 e. The van der Waals surface area contributed by atoms with Gasteiger partial charge in [-0.3, -0.25) is 9.36 Å². The zero-order valence-electron chi connectivity index (χ0n) is 21.2. The van der Waals surface area contributed by atoms with Crippen molar-refractivity contribution in [2.45, 2.75) is 30.4 Å². The number of carbonyl (C=O) groups is 3. The molecule has 1 aliphatic heterocycles. The van der Waals surface area contributed by atoms with E-state index in [2.05, 4.69) is 5.32 Å². The number of nitrogens with one attached hydrogen (secondary N) is 1. The van der Waals surface area contributed by atoms with Crippen molar-refractivity contribution in [3.05, 3.63) is 94.1 Å². The third-order valence-corrected chi connectivity index (χ3v) is 8.13. The molecule has 0 aliphatic carbocycles. The van der Waals surface area contributed by atoms with Gasteiger partial charge in [0.05, 0.1) is 21.0 Å². The van der Waals surface area contributed by atoms with Crippen molar-refractivity contribution in [3.8, 4) is 5.75 Å². The molecule has 206 valence electrons. The highest BCUT2D eigenvalue weighted by Crippen LogP contribution is 2.35. The van der Waals surface area contributed by atoms with Gasteiger partial charge in [-0.25, -0.2) is 18.0 Å². The quantitative estimate of drug-likeness (QED) is 0.287. The number of amides is 2. The minimum Gasteiger partial charge on any atom is -0.508 e. The lowest BCUT2D eigenvalue weighted by Crippen LogP contribution is -2.42. The molecule has 0 spiro atoms. The van der Waals surface area contributed by atoms with Crippen LogP contribution in [0.1, 0.15) is 27.0 Å². The van der Waals surface area contributed by atoms with Crippen LogP contribution in [0.5, 0.6) is 5.75 Å². The lowest BCUT2D eigenvalue weighted by Gasteiger charge is -2.29. The molecule has 0 saturated carbocycles. The molecule has 0 fully saturated rings. The van der Waals surface area contributed by atoms with Crippen LogP contribution in [0, 0.1) is 0 Å². The summed E-state index contributed by atoms with van der Waals surface area (Å²) in [5.41, 5.74) is 2.39. The molecule has 0 radical (unpaired) electrons. The predicted molar refractivity (Wildman–Crippen MR) is 147 cm³/mol. The maximum absolute atomic E-state index is 13.4. The molecule has 0 unspecified atom stereocenters. The molecule has 0 bridgehead atoms. The van der Waals surface area contributed by atoms with Crippen molar-refractivity contribution >= 4 is 50.2 Å². The van der Waals surface area contributed by atoms with Crippen molar-refractivity contribution in [1.82, 2.24) is 14.8 Å². The first-order valence-electron chi connectivity index (χ1n) is 12.1. The van der Waals surface area contributed by atoms with E-state index in [0.717, 1.165) is 11.8 Å². The van der Waals surface area contributed by atoms with E-state index in [-0.39, 0.29) is 46.8 Å². The Kier molecular flexibility index (Phi) is 7.03. The first-order valence-corrected chi connectivity index (χ1v) is 14.4. The summed E-state index contributed by atoms with van der Waals surface area (Å²) >= 11 is 6.55. The van der Waals surface area contributed by atoms with Gasteiger partial charge in [-0.2, -0.15) is 0 Å². The number of phenolic OH excluding ortho intramolecular Hbond substituents is 1. The third kappa shape index (κ3) is 5.25. The average molecular weight is 582 g/mol. The lowest BCUT2D eigenvalue weighted by molar-refractivity contribution is -0.139. The van der Waals surface area contributed by atoms with Gasteiger partial charge in [0.15, 0.2) is 9.84 Å². The zero-order chi connectivity index (χ0) is 28.8. The summed E-state index contributed by atoms with van der Waals surface area (Å²) in [5, 5.41) is 22.6. The number of halogens is 1. The predicted octanol–water partition coefficient (Wildman–Crippen LogP) is 3.81. The molecule has 12 heteroatoms. The number of nitrogens with zero attached hydrogens (tertiary/aromatic N) is 2. The van der Waals surface area contributed by atoms with Crippen molar-refractivity contribution in [2.24, 2.45) is 0 Å². The van der Waals surface area contributed by atoms with E-state index in [1.807, 2.05) is 0 Å². The van der Waals surface area contributed by atoms with Crippen molar-refractivity contribution < 1.29 is 33.0 Å². The second-order valence-corrected chi connectivity index (χ2v) is 12.1. The summed E-state index contributed by atoms with van der Waals surface area (Å²) in [6.07, 6.45) is 2.42. The Morgan fingerprint density at radius 2 is 1.80 bits per heavy atom.